The summed E-state index contributed by atoms with van der Waals surface area (Å²) >= 11 is 0. The molecule has 0 aromatic carbocycles. The molecule has 0 N–H and O–H groups in total. The second-order valence-corrected chi connectivity index (χ2v) is 2.68. The summed E-state index contributed by atoms with van der Waals surface area (Å²) in [7, 11) is 1.67. The fourth-order valence-electron chi connectivity index (χ4n) is 1.21. The van der Waals surface area contributed by atoms with Gasteiger partial charge in [0, 0.05) is 26.7 Å². The molecule has 1 fully saturated rings. The Labute approximate surface area is 61.0 Å². The second kappa shape index (κ2) is 3.88. The molecule has 0 aromatic rings. The summed E-state index contributed by atoms with van der Waals surface area (Å²) in [5, 5.41) is 0. The lowest BCUT2D eigenvalue weighted by Crippen LogP contribution is -2.24. The Morgan fingerprint density at radius 3 is 3.00 bits per heavy atom. The predicted molar refractivity (Wildman–Crippen MR) is 37.8 cm³/mol. The van der Waals surface area contributed by atoms with Gasteiger partial charge in [0.2, 0.25) is 0 Å². The van der Waals surface area contributed by atoms with Crippen LogP contribution in [0.3, 0.4) is 0 Å². The van der Waals surface area contributed by atoms with E-state index in [0.29, 0.717) is 19.6 Å². The van der Waals surface area contributed by atoms with E-state index in [1.54, 1.807) is 7.11 Å². The number of halogens is 1. The first-order chi connectivity index (χ1) is 4.83. The average molecular weight is 147 g/mol. The van der Waals surface area contributed by atoms with Gasteiger partial charge in [0.1, 0.15) is 6.17 Å². The van der Waals surface area contributed by atoms with Gasteiger partial charge in [-0.2, -0.15) is 0 Å². The van der Waals surface area contributed by atoms with Gasteiger partial charge < -0.3 is 4.74 Å². The first-order valence-electron chi connectivity index (χ1n) is 3.68. The first kappa shape index (κ1) is 7.95. The van der Waals surface area contributed by atoms with Gasteiger partial charge in [-0.25, -0.2) is 4.39 Å². The molecule has 3 heteroatoms. The fourth-order valence-corrected chi connectivity index (χ4v) is 1.21. The van der Waals surface area contributed by atoms with Crippen LogP contribution in [0, 0.1) is 0 Å². The van der Waals surface area contributed by atoms with E-state index in [9.17, 15) is 4.39 Å². The normalized spacial score (nSPS) is 27.6. The van der Waals surface area contributed by atoms with Crippen LogP contribution < -0.4 is 0 Å². The monoisotopic (exact) mass is 147 g/mol. The molecule has 0 amide bonds. The summed E-state index contributed by atoms with van der Waals surface area (Å²) in [4.78, 5) is 2.09. The Hall–Kier alpha value is -0.150. The molecule has 0 radical (unpaired) electrons. The van der Waals surface area contributed by atoms with Crippen LogP contribution in [0.2, 0.25) is 0 Å². The van der Waals surface area contributed by atoms with Crippen LogP contribution in [0.25, 0.3) is 0 Å². The van der Waals surface area contributed by atoms with Crippen LogP contribution >= 0.6 is 0 Å². The Balaban J connectivity index is 2.06. The summed E-state index contributed by atoms with van der Waals surface area (Å²) in [5.41, 5.74) is 0. The zero-order valence-corrected chi connectivity index (χ0v) is 6.35. The molecule has 1 atom stereocenters. The quantitative estimate of drug-likeness (QED) is 0.582. The highest BCUT2D eigenvalue weighted by molar-refractivity contribution is 4.73. The molecule has 1 unspecified atom stereocenters. The van der Waals surface area contributed by atoms with E-state index in [2.05, 4.69) is 4.90 Å². The van der Waals surface area contributed by atoms with E-state index < -0.39 is 6.17 Å². The van der Waals surface area contributed by atoms with Gasteiger partial charge >= 0.3 is 0 Å². The molecule has 1 aliphatic heterocycles. The van der Waals surface area contributed by atoms with Crippen molar-refractivity contribution in [2.45, 2.75) is 12.6 Å². The van der Waals surface area contributed by atoms with Crippen LogP contribution in [0.1, 0.15) is 6.42 Å². The number of alkyl halides is 1. The summed E-state index contributed by atoms with van der Waals surface area (Å²) in [6, 6.07) is 0. The first-order valence-corrected chi connectivity index (χ1v) is 3.68. The summed E-state index contributed by atoms with van der Waals surface area (Å²) < 4.78 is 17.4. The Morgan fingerprint density at radius 1 is 1.70 bits per heavy atom. The summed E-state index contributed by atoms with van der Waals surface area (Å²) in [5.74, 6) is 0. The Morgan fingerprint density at radius 2 is 2.50 bits per heavy atom. The van der Waals surface area contributed by atoms with Gasteiger partial charge in [-0.1, -0.05) is 0 Å². The number of nitrogens with zero attached hydrogens (tertiary/aromatic N) is 1. The molecule has 1 saturated heterocycles. The van der Waals surface area contributed by atoms with Crippen LogP contribution in [-0.2, 0) is 4.74 Å². The van der Waals surface area contributed by atoms with E-state index in [1.165, 1.54) is 0 Å². The van der Waals surface area contributed by atoms with Crippen molar-refractivity contribution in [3.05, 3.63) is 0 Å². The van der Waals surface area contributed by atoms with Gasteiger partial charge in [0.05, 0.1) is 6.61 Å². The highest BCUT2D eigenvalue weighted by Crippen LogP contribution is 2.10. The smallest absolute Gasteiger partial charge is 0.114 e. The molecule has 0 aromatic heterocycles. The number of hydrogen-bond acceptors (Lipinski definition) is 2. The van der Waals surface area contributed by atoms with Gasteiger partial charge in [0.15, 0.2) is 0 Å². The lowest BCUT2D eigenvalue weighted by atomic mass is 10.3. The van der Waals surface area contributed by atoms with Gasteiger partial charge in [-0.15, -0.1) is 0 Å². The Bertz CT molecular complexity index is 99.6. The summed E-state index contributed by atoms with van der Waals surface area (Å²) in [6.45, 7) is 3.08. The molecular weight excluding hydrogens is 133 g/mol. The third-order valence-corrected chi connectivity index (χ3v) is 1.83. The molecule has 2 nitrogen and oxygen atoms in total. The predicted octanol–water partition coefficient (Wildman–Crippen LogP) is 0.677. The molecule has 1 heterocycles. The van der Waals surface area contributed by atoms with E-state index in [0.717, 1.165) is 13.1 Å². The molecular formula is C7H14FNO. The zero-order chi connectivity index (χ0) is 7.40. The number of ether oxygens (including phenoxy) is 1. The molecule has 1 rings (SSSR count). The van der Waals surface area contributed by atoms with Crippen molar-refractivity contribution in [3.8, 4) is 0 Å². The van der Waals surface area contributed by atoms with Crippen molar-refractivity contribution in [1.29, 1.82) is 0 Å². The van der Waals surface area contributed by atoms with Gasteiger partial charge in [0.25, 0.3) is 0 Å². The van der Waals surface area contributed by atoms with E-state index in [1.807, 2.05) is 0 Å². The number of likely N-dealkylation sites (tertiary alicyclic amines) is 1. The SMILES string of the molecule is COCCN1CCC(F)C1. The highest BCUT2D eigenvalue weighted by Gasteiger charge is 2.20. The molecule has 0 saturated carbocycles. The van der Waals surface area contributed by atoms with Crippen molar-refractivity contribution in [1.82, 2.24) is 4.90 Å². The maximum absolute atomic E-state index is 12.5. The zero-order valence-electron chi connectivity index (χ0n) is 6.35. The maximum Gasteiger partial charge on any atom is 0.114 e. The molecule has 60 valence electrons. The van der Waals surface area contributed by atoms with Crippen molar-refractivity contribution in [3.63, 3.8) is 0 Å². The van der Waals surface area contributed by atoms with Crippen molar-refractivity contribution < 1.29 is 9.13 Å². The van der Waals surface area contributed by atoms with Crippen LogP contribution in [-0.4, -0.2) is 44.4 Å². The largest absolute Gasteiger partial charge is 0.383 e. The third kappa shape index (κ3) is 2.23. The standard InChI is InChI=1S/C7H14FNO/c1-10-5-4-9-3-2-7(8)6-9/h7H,2-6H2,1H3. The fraction of sp³-hybridized carbons (Fsp3) is 1.00. The number of hydrogen-bond donors (Lipinski definition) is 0. The number of methoxy groups -OCH3 is 1. The second-order valence-electron chi connectivity index (χ2n) is 2.68. The molecule has 0 spiro atoms. The molecule has 1 aliphatic rings. The molecule has 10 heavy (non-hydrogen) atoms. The average Bonchev–Trinajstić information content (AvgIpc) is 2.31. The highest BCUT2D eigenvalue weighted by atomic mass is 19.1. The van der Waals surface area contributed by atoms with Crippen molar-refractivity contribution >= 4 is 0 Å². The van der Waals surface area contributed by atoms with Gasteiger partial charge in [-0.3, -0.25) is 4.90 Å². The molecule has 0 aliphatic carbocycles. The van der Waals surface area contributed by atoms with Crippen LogP contribution in [0.4, 0.5) is 4.39 Å². The Kier molecular flexibility index (Phi) is 3.09. The van der Waals surface area contributed by atoms with Crippen molar-refractivity contribution in [2.75, 3.05) is 33.4 Å². The lowest BCUT2D eigenvalue weighted by Gasteiger charge is -2.12. The topological polar surface area (TPSA) is 12.5 Å². The van der Waals surface area contributed by atoms with E-state index in [4.69, 9.17) is 4.74 Å². The van der Waals surface area contributed by atoms with Crippen LogP contribution in [0.5, 0.6) is 0 Å². The van der Waals surface area contributed by atoms with E-state index in [-0.39, 0.29) is 0 Å². The maximum atomic E-state index is 12.5. The minimum absolute atomic E-state index is 0.600. The van der Waals surface area contributed by atoms with Gasteiger partial charge in [-0.05, 0) is 6.42 Å². The lowest BCUT2D eigenvalue weighted by molar-refractivity contribution is 0.157. The number of rotatable bonds is 3. The molecule has 0 bridgehead atoms. The summed E-state index contributed by atoms with van der Waals surface area (Å²) in [6.07, 6.45) is 0.0980. The van der Waals surface area contributed by atoms with Crippen molar-refractivity contribution in [2.24, 2.45) is 0 Å². The van der Waals surface area contributed by atoms with E-state index >= 15 is 0 Å². The minimum atomic E-state index is -0.600. The minimum Gasteiger partial charge on any atom is -0.383 e. The third-order valence-electron chi connectivity index (χ3n) is 1.83. The van der Waals surface area contributed by atoms with Crippen LogP contribution in [0.15, 0.2) is 0 Å².